The van der Waals surface area contributed by atoms with Crippen LogP contribution in [-0.2, 0) is 0 Å². The lowest BCUT2D eigenvalue weighted by molar-refractivity contribution is 1.11. The maximum atomic E-state index is 2.24. The first kappa shape index (κ1) is 9.07. The van der Waals surface area contributed by atoms with E-state index < -0.39 is 0 Å². The standard InChI is InChI=1S/C13H15N/c1-11-4-3-5-13(7-6-11)14-9-8-12(2)10-14/h4-10H,3H2,1-2H3. The SMILES string of the molecule is CC1=CCC=C(n2ccc(C)c2)C=C1. The van der Waals surface area contributed by atoms with Crippen molar-refractivity contribution in [3.63, 3.8) is 0 Å². The fourth-order valence-corrected chi connectivity index (χ4v) is 1.57. The van der Waals surface area contributed by atoms with Gasteiger partial charge in [-0.3, -0.25) is 0 Å². The van der Waals surface area contributed by atoms with Crippen molar-refractivity contribution in [2.75, 3.05) is 0 Å². The van der Waals surface area contributed by atoms with Gasteiger partial charge in [0, 0.05) is 18.1 Å². The molecule has 0 radical (unpaired) electrons. The summed E-state index contributed by atoms with van der Waals surface area (Å²) in [6, 6.07) is 2.12. The lowest BCUT2D eigenvalue weighted by Crippen LogP contribution is -1.89. The topological polar surface area (TPSA) is 4.93 Å². The molecular formula is C13H15N. The van der Waals surface area contributed by atoms with Crippen LogP contribution >= 0.6 is 0 Å². The molecule has 1 heterocycles. The maximum Gasteiger partial charge on any atom is 0.0412 e. The smallest absolute Gasteiger partial charge is 0.0412 e. The molecule has 0 atom stereocenters. The summed E-state index contributed by atoms with van der Waals surface area (Å²) in [5.74, 6) is 0. The first-order chi connectivity index (χ1) is 6.75. The van der Waals surface area contributed by atoms with Crippen LogP contribution in [-0.4, -0.2) is 4.57 Å². The van der Waals surface area contributed by atoms with Crippen LogP contribution in [0.3, 0.4) is 0 Å². The summed E-state index contributed by atoms with van der Waals surface area (Å²) < 4.78 is 2.16. The summed E-state index contributed by atoms with van der Waals surface area (Å²) >= 11 is 0. The van der Waals surface area contributed by atoms with Crippen LogP contribution in [0.4, 0.5) is 0 Å². The van der Waals surface area contributed by atoms with E-state index in [1.165, 1.54) is 16.8 Å². The van der Waals surface area contributed by atoms with E-state index in [-0.39, 0.29) is 0 Å². The normalized spacial score (nSPS) is 16.1. The van der Waals surface area contributed by atoms with Crippen LogP contribution in [0.1, 0.15) is 18.9 Å². The van der Waals surface area contributed by atoms with Gasteiger partial charge in [0.25, 0.3) is 0 Å². The highest BCUT2D eigenvalue weighted by Crippen LogP contribution is 2.15. The molecule has 0 spiro atoms. The van der Waals surface area contributed by atoms with Gasteiger partial charge in [-0.2, -0.15) is 0 Å². The first-order valence-corrected chi connectivity index (χ1v) is 4.96. The van der Waals surface area contributed by atoms with E-state index in [0.717, 1.165) is 6.42 Å². The van der Waals surface area contributed by atoms with Crippen LogP contribution in [0.25, 0.3) is 5.70 Å². The number of aromatic nitrogens is 1. The summed E-state index contributed by atoms with van der Waals surface area (Å²) in [5, 5.41) is 0. The first-order valence-electron chi connectivity index (χ1n) is 4.96. The Hall–Kier alpha value is -1.50. The Morgan fingerprint density at radius 3 is 2.71 bits per heavy atom. The van der Waals surface area contributed by atoms with Gasteiger partial charge in [0.05, 0.1) is 0 Å². The van der Waals surface area contributed by atoms with E-state index in [1.54, 1.807) is 0 Å². The molecule has 1 aromatic rings. The van der Waals surface area contributed by atoms with Gasteiger partial charge in [0.1, 0.15) is 0 Å². The van der Waals surface area contributed by atoms with Gasteiger partial charge in [-0.05, 0) is 38.0 Å². The number of allylic oxidation sites excluding steroid dienone is 6. The molecule has 0 unspecified atom stereocenters. The summed E-state index contributed by atoms with van der Waals surface area (Å²) in [6.07, 6.45) is 14.1. The highest BCUT2D eigenvalue weighted by Gasteiger charge is 1.98. The number of hydrogen-bond donors (Lipinski definition) is 0. The third-order valence-electron chi connectivity index (χ3n) is 2.42. The Bertz CT molecular complexity index is 416. The minimum Gasteiger partial charge on any atom is -0.324 e. The number of nitrogens with zero attached hydrogens (tertiary/aromatic N) is 1. The van der Waals surface area contributed by atoms with Crippen molar-refractivity contribution in [1.82, 2.24) is 4.57 Å². The largest absolute Gasteiger partial charge is 0.324 e. The van der Waals surface area contributed by atoms with Crippen molar-refractivity contribution in [3.8, 4) is 0 Å². The van der Waals surface area contributed by atoms with E-state index in [9.17, 15) is 0 Å². The number of rotatable bonds is 1. The molecular weight excluding hydrogens is 170 g/mol. The highest BCUT2D eigenvalue weighted by molar-refractivity contribution is 5.60. The monoisotopic (exact) mass is 185 g/mol. The third-order valence-corrected chi connectivity index (χ3v) is 2.42. The van der Waals surface area contributed by atoms with Crippen LogP contribution in [0.2, 0.25) is 0 Å². The molecule has 0 N–H and O–H groups in total. The van der Waals surface area contributed by atoms with Gasteiger partial charge in [-0.25, -0.2) is 0 Å². The fraction of sp³-hybridized carbons (Fsp3) is 0.231. The van der Waals surface area contributed by atoms with Gasteiger partial charge in [-0.1, -0.05) is 23.8 Å². The number of hydrogen-bond acceptors (Lipinski definition) is 0. The molecule has 1 nitrogen and oxygen atoms in total. The van der Waals surface area contributed by atoms with E-state index in [0.29, 0.717) is 0 Å². The maximum absolute atomic E-state index is 2.24. The lowest BCUT2D eigenvalue weighted by Gasteiger charge is -2.01. The molecule has 0 bridgehead atoms. The quantitative estimate of drug-likeness (QED) is 0.630. The molecule has 0 saturated heterocycles. The van der Waals surface area contributed by atoms with Gasteiger partial charge in [-0.15, -0.1) is 0 Å². The van der Waals surface area contributed by atoms with Crippen molar-refractivity contribution in [2.24, 2.45) is 0 Å². The molecule has 1 aliphatic carbocycles. The predicted molar refractivity (Wildman–Crippen MR) is 61.0 cm³/mol. The van der Waals surface area contributed by atoms with Crippen molar-refractivity contribution in [2.45, 2.75) is 20.3 Å². The van der Waals surface area contributed by atoms with E-state index >= 15 is 0 Å². The summed E-state index contributed by atoms with van der Waals surface area (Å²) in [7, 11) is 0. The molecule has 0 saturated carbocycles. The predicted octanol–water partition coefficient (Wildman–Crippen LogP) is 3.54. The average molecular weight is 185 g/mol. The second-order valence-corrected chi connectivity index (χ2v) is 3.74. The summed E-state index contributed by atoms with van der Waals surface area (Å²) in [5.41, 5.74) is 3.89. The molecule has 72 valence electrons. The molecule has 0 aliphatic heterocycles. The van der Waals surface area contributed by atoms with Crippen LogP contribution < -0.4 is 0 Å². The Morgan fingerprint density at radius 2 is 2.00 bits per heavy atom. The van der Waals surface area contributed by atoms with E-state index in [2.05, 4.69) is 61.2 Å². The lowest BCUT2D eigenvalue weighted by atomic mass is 10.2. The van der Waals surface area contributed by atoms with Gasteiger partial charge < -0.3 is 4.57 Å². The Balaban J connectivity index is 2.29. The fourth-order valence-electron chi connectivity index (χ4n) is 1.57. The van der Waals surface area contributed by atoms with Crippen molar-refractivity contribution >= 4 is 5.70 Å². The molecule has 1 aromatic heterocycles. The summed E-state index contributed by atoms with van der Waals surface area (Å²) in [6.45, 7) is 4.25. The van der Waals surface area contributed by atoms with E-state index in [4.69, 9.17) is 0 Å². The minimum atomic E-state index is 1.02. The zero-order valence-electron chi connectivity index (χ0n) is 8.70. The molecule has 1 heteroatoms. The van der Waals surface area contributed by atoms with Crippen LogP contribution in [0.5, 0.6) is 0 Å². The van der Waals surface area contributed by atoms with Crippen LogP contribution in [0, 0.1) is 6.92 Å². The molecule has 2 rings (SSSR count). The van der Waals surface area contributed by atoms with Gasteiger partial charge in [0.15, 0.2) is 0 Å². The molecule has 0 fully saturated rings. The average Bonchev–Trinajstić information content (AvgIpc) is 2.46. The highest BCUT2D eigenvalue weighted by atomic mass is 14.9. The second kappa shape index (κ2) is 3.70. The molecule has 0 amide bonds. The molecule has 1 aliphatic rings. The van der Waals surface area contributed by atoms with Gasteiger partial charge in [0.2, 0.25) is 0 Å². The Kier molecular flexibility index (Phi) is 2.40. The zero-order chi connectivity index (χ0) is 9.97. The summed E-state index contributed by atoms with van der Waals surface area (Å²) in [4.78, 5) is 0. The molecule has 0 aromatic carbocycles. The Morgan fingerprint density at radius 1 is 1.14 bits per heavy atom. The van der Waals surface area contributed by atoms with E-state index in [1.807, 2.05) is 0 Å². The molecule has 14 heavy (non-hydrogen) atoms. The Labute approximate surface area is 85.1 Å². The second-order valence-electron chi connectivity index (χ2n) is 3.74. The van der Waals surface area contributed by atoms with Gasteiger partial charge >= 0.3 is 0 Å². The number of aryl methyl sites for hydroxylation is 1. The third kappa shape index (κ3) is 1.87. The van der Waals surface area contributed by atoms with Crippen LogP contribution in [0.15, 0.2) is 48.3 Å². The zero-order valence-corrected chi connectivity index (χ0v) is 8.70. The van der Waals surface area contributed by atoms with Crippen molar-refractivity contribution < 1.29 is 0 Å². The minimum absolute atomic E-state index is 1.02. The van der Waals surface area contributed by atoms with Crippen molar-refractivity contribution in [3.05, 3.63) is 53.9 Å². The van der Waals surface area contributed by atoms with Crippen molar-refractivity contribution in [1.29, 1.82) is 0 Å².